The van der Waals surface area contributed by atoms with Crippen LogP contribution in [0.15, 0.2) is 24.3 Å². The molecule has 14 heavy (non-hydrogen) atoms. The van der Waals surface area contributed by atoms with E-state index in [2.05, 4.69) is 0 Å². The van der Waals surface area contributed by atoms with Gasteiger partial charge in [-0.25, -0.2) is 4.79 Å². The second-order valence-corrected chi connectivity index (χ2v) is 5.60. The molecular formula is C9H10O4Si. The Kier molecular flexibility index (Phi) is 2.05. The maximum Gasteiger partial charge on any atom is 0.630 e. The lowest BCUT2D eigenvalue weighted by molar-refractivity contribution is 0.0542. The van der Waals surface area contributed by atoms with Gasteiger partial charge in [0.25, 0.3) is 0 Å². The Morgan fingerprint density at radius 3 is 2.71 bits per heavy atom. The first-order chi connectivity index (χ1) is 6.64. The van der Waals surface area contributed by atoms with Gasteiger partial charge >= 0.3 is 14.8 Å². The Labute approximate surface area is 82.8 Å². The first kappa shape index (κ1) is 9.23. The van der Waals surface area contributed by atoms with Crippen LogP contribution in [0.2, 0.25) is 6.55 Å². The first-order valence-corrected chi connectivity index (χ1v) is 6.44. The third-order valence-corrected chi connectivity index (χ3v) is 3.94. The molecule has 1 aromatic carbocycles. The zero-order valence-electron chi connectivity index (χ0n) is 7.94. The van der Waals surface area contributed by atoms with Gasteiger partial charge in [0.2, 0.25) is 0 Å². The highest BCUT2D eigenvalue weighted by molar-refractivity contribution is 6.62. The standard InChI is InChI=1S/C9H10O4Si/c1-11-14(2)12-8-6-4-3-5-7(8)9(10)13-14/h3-6H,1-2H3. The SMILES string of the molecule is CO[Si]1(C)OC(=O)c2ccccc2O1. The molecule has 1 atom stereocenters. The van der Waals surface area contributed by atoms with Crippen molar-refractivity contribution in [2.45, 2.75) is 6.55 Å². The molecule has 0 saturated carbocycles. The zero-order valence-corrected chi connectivity index (χ0v) is 8.94. The van der Waals surface area contributed by atoms with Gasteiger partial charge in [0.05, 0.1) is 5.56 Å². The van der Waals surface area contributed by atoms with Gasteiger partial charge < -0.3 is 13.3 Å². The largest absolute Gasteiger partial charge is 0.630 e. The molecule has 0 radical (unpaired) electrons. The Hall–Kier alpha value is -1.33. The number of fused-ring (bicyclic) bond motifs is 1. The zero-order chi connectivity index (χ0) is 10.2. The van der Waals surface area contributed by atoms with Crippen LogP contribution in [0.5, 0.6) is 5.75 Å². The molecule has 0 spiro atoms. The van der Waals surface area contributed by atoms with Crippen LogP contribution >= 0.6 is 0 Å². The fourth-order valence-corrected chi connectivity index (χ4v) is 2.48. The van der Waals surface area contributed by atoms with Gasteiger partial charge in [-0.15, -0.1) is 0 Å². The smallest absolute Gasteiger partial charge is 0.491 e. The van der Waals surface area contributed by atoms with Gasteiger partial charge in [-0.05, 0) is 12.1 Å². The number of hydrogen-bond donors (Lipinski definition) is 0. The van der Waals surface area contributed by atoms with Crippen molar-refractivity contribution in [1.82, 2.24) is 0 Å². The van der Waals surface area contributed by atoms with E-state index >= 15 is 0 Å². The summed E-state index contributed by atoms with van der Waals surface area (Å²) in [6.45, 7) is 1.68. The van der Waals surface area contributed by atoms with Crippen LogP contribution in [0.4, 0.5) is 0 Å². The van der Waals surface area contributed by atoms with Crippen LogP contribution in [-0.4, -0.2) is 21.9 Å². The second kappa shape index (κ2) is 3.11. The summed E-state index contributed by atoms with van der Waals surface area (Å²) in [5, 5.41) is 0. The van der Waals surface area contributed by atoms with E-state index in [1.54, 1.807) is 24.7 Å². The van der Waals surface area contributed by atoms with Gasteiger partial charge in [0.1, 0.15) is 5.75 Å². The van der Waals surface area contributed by atoms with Gasteiger partial charge in [-0.3, -0.25) is 0 Å². The topological polar surface area (TPSA) is 44.8 Å². The number of hydrogen-bond acceptors (Lipinski definition) is 4. The van der Waals surface area contributed by atoms with E-state index < -0.39 is 8.80 Å². The molecule has 0 aromatic heterocycles. The van der Waals surface area contributed by atoms with Gasteiger partial charge in [-0.2, -0.15) is 0 Å². The van der Waals surface area contributed by atoms with Crippen molar-refractivity contribution in [3.8, 4) is 5.75 Å². The summed E-state index contributed by atoms with van der Waals surface area (Å²) in [5.74, 6) is 0.169. The lowest BCUT2D eigenvalue weighted by Gasteiger charge is -2.29. The summed E-state index contributed by atoms with van der Waals surface area (Å²) in [4.78, 5) is 11.5. The van der Waals surface area contributed by atoms with Gasteiger partial charge in [0, 0.05) is 13.7 Å². The van der Waals surface area contributed by atoms with Crippen LogP contribution in [0.1, 0.15) is 10.4 Å². The van der Waals surface area contributed by atoms with E-state index in [1.165, 1.54) is 7.11 Å². The van der Waals surface area contributed by atoms with Crippen LogP contribution in [0.3, 0.4) is 0 Å². The third kappa shape index (κ3) is 1.40. The molecule has 2 rings (SSSR count). The van der Waals surface area contributed by atoms with E-state index in [0.29, 0.717) is 11.3 Å². The molecular weight excluding hydrogens is 200 g/mol. The molecule has 5 heteroatoms. The summed E-state index contributed by atoms with van der Waals surface area (Å²) in [5.41, 5.74) is 0.453. The van der Waals surface area contributed by atoms with Crippen molar-refractivity contribution in [1.29, 1.82) is 0 Å². The van der Waals surface area contributed by atoms with Gasteiger partial charge in [0.15, 0.2) is 0 Å². The molecule has 1 heterocycles. The maximum atomic E-state index is 11.5. The molecule has 0 fully saturated rings. The molecule has 0 N–H and O–H groups in total. The second-order valence-electron chi connectivity index (χ2n) is 3.05. The lowest BCUT2D eigenvalue weighted by Crippen LogP contribution is -2.49. The Morgan fingerprint density at radius 2 is 2.00 bits per heavy atom. The highest BCUT2D eigenvalue weighted by Gasteiger charge is 2.45. The molecule has 4 nitrogen and oxygen atoms in total. The van der Waals surface area contributed by atoms with E-state index in [4.69, 9.17) is 13.3 Å². The summed E-state index contributed by atoms with van der Waals surface area (Å²) in [6, 6.07) is 6.98. The molecule has 1 aliphatic heterocycles. The molecule has 0 bridgehead atoms. The minimum atomic E-state index is -2.77. The predicted molar refractivity (Wildman–Crippen MR) is 51.1 cm³/mol. The quantitative estimate of drug-likeness (QED) is 0.658. The molecule has 1 unspecified atom stereocenters. The summed E-state index contributed by atoms with van der Waals surface area (Å²) >= 11 is 0. The van der Waals surface area contributed by atoms with Crippen molar-refractivity contribution in [3.05, 3.63) is 29.8 Å². The van der Waals surface area contributed by atoms with Gasteiger partial charge in [-0.1, -0.05) is 12.1 Å². The summed E-state index contributed by atoms with van der Waals surface area (Å²) in [7, 11) is -1.29. The van der Waals surface area contributed by atoms with E-state index in [9.17, 15) is 4.79 Å². The van der Waals surface area contributed by atoms with E-state index in [0.717, 1.165) is 0 Å². The molecule has 0 aliphatic carbocycles. The fourth-order valence-electron chi connectivity index (χ4n) is 1.25. The molecule has 0 saturated heterocycles. The minimum Gasteiger partial charge on any atom is -0.491 e. The van der Waals surface area contributed by atoms with Crippen LogP contribution in [-0.2, 0) is 8.85 Å². The highest BCUT2D eigenvalue weighted by atomic mass is 28.4. The average molecular weight is 210 g/mol. The number of benzene rings is 1. The normalized spacial score (nSPS) is 24.9. The molecule has 1 aliphatic rings. The number of carbonyl (C=O) groups excluding carboxylic acids is 1. The van der Waals surface area contributed by atoms with E-state index in [1.807, 2.05) is 6.07 Å². The maximum absolute atomic E-state index is 11.5. The number of para-hydroxylation sites is 1. The van der Waals surface area contributed by atoms with Crippen molar-refractivity contribution in [2.75, 3.05) is 7.11 Å². The van der Waals surface area contributed by atoms with Crippen molar-refractivity contribution < 1.29 is 18.1 Å². The first-order valence-electron chi connectivity index (χ1n) is 4.21. The monoisotopic (exact) mass is 210 g/mol. The van der Waals surface area contributed by atoms with Crippen LogP contribution in [0.25, 0.3) is 0 Å². The van der Waals surface area contributed by atoms with Crippen molar-refractivity contribution in [3.63, 3.8) is 0 Å². The average Bonchev–Trinajstić information content (AvgIpc) is 2.18. The Morgan fingerprint density at radius 1 is 1.29 bits per heavy atom. The third-order valence-electron chi connectivity index (χ3n) is 2.05. The predicted octanol–water partition coefficient (Wildman–Crippen LogP) is 1.45. The van der Waals surface area contributed by atoms with Crippen molar-refractivity contribution >= 4 is 14.8 Å². The fraction of sp³-hybridized carbons (Fsp3) is 0.222. The number of carbonyl (C=O) groups is 1. The van der Waals surface area contributed by atoms with Crippen LogP contribution in [0, 0.1) is 0 Å². The number of rotatable bonds is 1. The molecule has 1 aromatic rings. The lowest BCUT2D eigenvalue weighted by atomic mass is 10.2. The van der Waals surface area contributed by atoms with Crippen LogP contribution < -0.4 is 4.43 Å². The summed E-state index contributed by atoms with van der Waals surface area (Å²) < 4.78 is 15.7. The van der Waals surface area contributed by atoms with Crippen molar-refractivity contribution in [2.24, 2.45) is 0 Å². The Bertz CT molecular complexity index is 379. The minimum absolute atomic E-state index is 0.372. The highest BCUT2D eigenvalue weighted by Crippen LogP contribution is 2.28. The Balaban J connectivity index is 2.43. The van der Waals surface area contributed by atoms with E-state index in [-0.39, 0.29) is 5.97 Å². The molecule has 0 amide bonds. The summed E-state index contributed by atoms with van der Waals surface area (Å²) in [6.07, 6.45) is 0. The molecule has 74 valence electrons.